The zero-order chi connectivity index (χ0) is 24.3. The summed E-state index contributed by atoms with van der Waals surface area (Å²) in [6.45, 7) is 2.41. The third-order valence-corrected chi connectivity index (χ3v) is 6.45. The van der Waals surface area contributed by atoms with E-state index in [4.69, 9.17) is 4.98 Å². The van der Waals surface area contributed by atoms with Crippen LogP contribution in [0.15, 0.2) is 122 Å². The highest BCUT2D eigenvalue weighted by atomic mass is 16.3. The van der Waals surface area contributed by atoms with Gasteiger partial charge in [0, 0.05) is 30.7 Å². The van der Waals surface area contributed by atoms with Crippen molar-refractivity contribution >= 4 is 5.69 Å². The lowest BCUT2D eigenvalue weighted by Gasteiger charge is -2.34. The Morgan fingerprint density at radius 2 is 1.43 bits per heavy atom. The van der Waals surface area contributed by atoms with E-state index < -0.39 is 5.60 Å². The molecule has 5 aromatic rings. The molecule has 0 radical (unpaired) electrons. The number of imidazole rings is 1. The minimum absolute atomic E-state index is 0.338. The molecular formula is C31H29N3O. The van der Waals surface area contributed by atoms with E-state index >= 15 is 0 Å². The molecule has 0 fully saturated rings. The van der Waals surface area contributed by atoms with Crippen molar-refractivity contribution in [2.45, 2.75) is 12.5 Å². The molecule has 0 aliphatic rings. The first-order valence-electron chi connectivity index (χ1n) is 11.8. The van der Waals surface area contributed by atoms with Gasteiger partial charge < -0.3 is 14.6 Å². The number of nitrogens with zero attached hydrogens (tertiary/aromatic N) is 3. The summed E-state index contributed by atoms with van der Waals surface area (Å²) in [5, 5.41) is 12.4. The van der Waals surface area contributed by atoms with Crippen molar-refractivity contribution in [3.8, 4) is 16.8 Å². The van der Waals surface area contributed by atoms with Crippen LogP contribution in [-0.4, -0.2) is 28.3 Å². The topological polar surface area (TPSA) is 41.3 Å². The first kappa shape index (κ1) is 22.6. The van der Waals surface area contributed by atoms with Crippen LogP contribution in [0.3, 0.4) is 0 Å². The van der Waals surface area contributed by atoms with Crippen LogP contribution in [0.2, 0.25) is 0 Å². The molecule has 0 aliphatic heterocycles. The van der Waals surface area contributed by atoms with Crippen LogP contribution < -0.4 is 4.90 Å². The standard InChI is InChI=1S/C31H29N3O/c1-24-17-19-27(20-18-24)33(2)23-31(35,26-13-7-4-8-14-26)30-32-21-22-34(30)29-16-10-9-15-28(29)25-11-5-3-6-12-25/h3-22,35H,23H2,1-2H3. The number of aryl methyl sites for hydroxylation is 1. The van der Waals surface area contributed by atoms with Gasteiger partial charge in [-0.05, 0) is 36.2 Å². The van der Waals surface area contributed by atoms with Crippen LogP contribution in [0.4, 0.5) is 5.69 Å². The van der Waals surface area contributed by atoms with E-state index in [-0.39, 0.29) is 0 Å². The third kappa shape index (κ3) is 4.48. The summed E-state index contributed by atoms with van der Waals surface area (Å²) in [7, 11) is 2.00. The molecule has 5 rings (SSSR count). The van der Waals surface area contributed by atoms with Crippen LogP contribution in [0.25, 0.3) is 16.8 Å². The highest BCUT2D eigenvalue weighted by molar-refractivity contribution is 5.73. The second-order valence-corrected chi connectivity index (χ2v) is 8.92. The fourth-order valence-electron chi connectivity index (χ4n) is 4.59. The molecule has 1 aromatic heterocycles. The molecule has 1 heterocycles. The average Bonchev–Trinajstić information content (AvgIpc) is 3.41. The quantitative estimate of drug-likeness (QED) is 0.314. The first-order chi connectivity index (χ1) is 17.1. The molecule has 4 nitrogen and oxygen atoms in total. The second-order valence-electron chi connectivity index (χ2n) is 8.92. The van der Waals surface area contributed by atoms with Crippen molar-refractivity contribution in [2.75, 3.05) is 18.5 Å². The van der Waals surface area contributed by atoms with Crippen LogP contribution in [0.1, 0.15) is 17.0 Å². The Morgan fingerprint density at radius 1 is 0.800 bits per heavy atom. The largest absolute Gasteiger partial charge is 0.375 e. The maximum absolute atomic E-state index is 12.4. The SMILES string of the molecule is Cc1ccc(N(C)CC(O)(c2ccccc2)c2nccn2-c2ccccc2-c2ccccc2)cc1. The maximum atomic E-state index is 12.4. The van der Waals surface area contributed by atoms with Crippen LogP contribution in [-0.2, 0) is 5.60 Å². The van der Waals surface area contributed by atoms with Gasteiger partial charge in [0.05, 0.1) is 12.2 Å². The number of hydrogen-bond donors (Lipinski definition) is 1. The summed E-state index contributed by atoms with van der Waals surface area (Å²) >= 11 is 0. The Labute approximate surface area is 206 Å². The molecule has 35 heavy (non-hydrogen) atoms. The fourth-order valence-corrected chi connectivity index (χ4v) is 4.59. The molecule has 0 bridgehead atoms. The van der Waals surface area contributed by atoms with Crippen molar-refractivity contribution in [2.24, 2.45) is 0 Å². The predicted octanol–water partition coefficient (Wildman–Crippen LogP) is 6.22. The van der Waals surface area contributed by atoms with Gasteiger partial charge >= 0.3 is 0 Å². The Balaban J connectivity index is 1.63. The summed E-state index contributed by atoms with van der Waals surface area (Å²) in [6.07, 6.45) is 3.69. The Hall–Kier alpha value is -4.15. The van der Waals surface area contributed by atoms with E-state index in [0.29, 0.717) is 12.4 Å². The highest BCUT2D eigenvalue weighted by Gasteiger charge is 2.38. The average molecular weight is 460 g/mol. The lowest BCUT2D eigenvalue weighted by atomic mass is 9.91. The van der Waals surface area contributed by atoms with Crippen LogP contribution >= 0.6 is 0 Å². The first-order valence-corrected chi connectivity index (χ1v) is 11.8. The van der Waals surface area contributed by atoms with E-state index in [0.717, 1.165) is 28.1 Å². The third-order valence-electron chi connectivity index (χ3n) is 6.45. The molecule has 0 aliphatic carbocycles. The van der Waals surface area contributed by atoms with Gasteiger partial charge in [-0.2, -0.15) is 0 Å². The normalized spacial score (nSPS) is 12.8. The molecular weight excluding hydrogens is 430 g/mol. The van der Waals surface area contributed by atoms with Gasteiger partial charge in [-0.1, -0.05) is 96.6 Å². The number of para-hydroxylation sites is 1. The van der Waals surface area contributed by atoms with E-state index in [1.165, 1.54) is 5.56 Å². The Kier molecular flexibility index (Phi) is 6.21. The zero-order valence-corrected chi connectivity index (χ0v) is 20.0. The lowest BCUT2D eigenvalue weighted by molar-refractivity contribution is 0.0778. The maximum Gasteiger partial charge on any atom is 0.165 e. The van der Waals surface area contributed by atoms with Gasteiger partial charge in [0.15, 0.2) is 11.4 Å². The summed E-state index contributed by atoms with van der Waals surface area (Å²) < 4.78 is 2.01. The smallest absolute Gasteiger partial charge is 0.165 e. The molecule has 174 valence electrons. The zero-order valence-electron chi connectivity index (χ0n) is 20.0. The number of anilines is 1. The molecule has 0 saturated heterocycles. The predicted molar refractivity (Wildman–Crippen MR) is 143 cm³/mol. The van der Waals surface area contributed by atoms with Crippen LogP contribution in [0, 0.1) is 6.92 Å². The number of aromatic nitrogens is 2. The molecule has 4 aromatic carbocycles. The van der Waals surface area contributed by atoms with Crippen molar-refractivity contribution in [1.82, 2.24) is 9.55 Å². The Morgan fingerprint density at radius 3 is 2.14 bits per heavy atom. The molecule has 4 heteroatoms. The summed E-state index contributed by atoms with van der Waals surface area (Å²) in [5.74, 6) is 0.575. The number of likely N-dealkylation sites (N-methyl/N-ethyl adjacent to an activating group) is 1. The van der Waals surface area contributed by atoms with Crippen LogP contribution in [0.5, 0.6) is 0 Å². The molecule has 0 saturated carbocycles. The second kappa shape index (κ2) is 9.61. The van der Waals surface area contributed by atoms with Crippen molar-refractivity contribution in [1.29, 1.82) is 0 Å². The van der Waals surface area contributed by atoms with E-state index in [1.54, 1.807) is 6.20 Å². The summed E-state index contributed by atoms with van der Waals surface area (Å²) in [6, 6.07) is 36.7. The van der Waals surface area contributed by atoms with Gasteiger partial charge in [0.1, 0.15) is 0 Å². The molecule has 1 unspecified atom stereocenters. The van der Waals surface area contributed by atoms with E-state index in [1.807, 2.05) is 78.5 Å². The monoisotopic (exact) mass is 459 g/mol. The minimum atomic E-state index is -1.35. The van der Waals surface area contributed by atoms with E-state index in [9.17, 15) is 5.11 Å². The lowest BCUT2D eigenvalue weighted by Crippen LogP contribution is -2.42. The van der Waals surface area contributed by atoms with Crippen molar-refractivity contribution in [3.05, 3.63) is 139 Å². The molecule has 0 spiro atoms. The Bertz CT molecular complexity index is 1390. The number of rotatable bonds is 7. The molecule has 1 atom stereocenters. The van der Waals surface area contributed by atoms with Crippen molar-refractivity contribution in [3.63, 3.8) is 0 Å². The minimum Gasteiger partial charge on any atom is -0.375 e. The van der Waals surface area contributed by atoms with Gasteiger partial charge in [-0.3, -0.25) is 0 Å². The van der Waals surface area contributed by atoms with Gasteiger partial charge in [0.25, 0.3) is 0 Å². The van der Waals surface area contributed by atoms with Crippen molar-refractivity contribution < 1.29 is 5.11 Å². The highest BCUT2D eigenvalue weighted by Crippen LogP contribution is 2.35. The molecule has 0 amide bonds. The van der Waals surface area contributed by atoms with Gasteiger partial charge in [-0.15, -0.1) is 0 Å². The molecule has 1 N–H and O–H groups in total. The fraction of sp³-hybridized carbons (Fsp3) is 0.129. The van der Waals surface area contributed by atoms with Gasteiger partial charge in [0.2, 0.25) is 0 Å². The van der Waals surface area contributed by atoms with Gasteiger partial charge in [-0.25, -0.2) is 4.98 Å². The number of aliphatic hydroxyl groups is 1. The van der Waals surface area contributed by atoms with E-state index in [2.05, 4.69) is 60.4 Å². The number of benzene rings is 4. The summed E-state index contributed by atoms with van der Waals surface area (Å²) in [5.41, 5.74) is 4.84. The summed E-state index contributed by atoms with van der Waals surface area (Å²) in [4.78, 5) is 6.80. The number of hydrogen-bond acceptors (Lipinski definition) is 3.